The maximum atomic E-state index is 12.9. The summed E-state index contributed by atoms with van der Waals surface area (Å²) in [5.41, 5.74) is 1.27. The molecule has 0 bridgehead atoms. The van der Waals surface area contributed by atoms with Gasteiger partial charge in [-0.2, -0.15) is 5.10 Å². The van der Waals surface area contributed by atoms with Gasteiger partial charge in [-0.15, -0.1) is 0 Å². The highest BCUT2D eigenvalue weighted by Gasteiger charge is 2.39. The number of hydrogen-bond donors (Lipinski definition) is 2. The van der Waals surface area contributed by atoms with Crippen LogP contribution >= 0.6 is 0 Å². The SMILES string of the molecule is COCC(=O)N[C@@H]1CN(C(=O)c2cncnc2)C[C@H]1c1nc(-c2ccccc2)n[nH]1. The predicted molar refractivity (Wildman–Crippen MR) is 106 cm³/mol. The molecule has 4 rings (SSSR count). The van der Waals surface area contributed by atoms with Gasteiger partial charge in [-0.3, -0.25) is 14.7 Å². The Hall–Kier alpha value is -3.66. The van der Waals surface area contributed by atoms with Gasteiger partial charge in [0.2, 0.25) is 5.91 Å². The number of carbonyl (C=O) groups is 2. The Bertz CT molecular complexity index is 1010. The van der Waals surface area contributed by atoms with E-state index in [1.807, 2.05) is 30.3 Å². The molecule has 0 saturated carbocycles. The minimum Gasteiger partial charge on any atom is -0.375 e. The fourth-order valence-corrected chi connectivity index (χ4v) is 3.52. The molecule has 0 unspecified atom stereocenters. The lowest BCUT2D eigenvalue weighted by atomic mass is 10.0. The van der Waals surface area contributed by atoms with E-state index in [9.17, 15) is 9.59 Å². The Morgan fingerprint density at radius 2 is 1.97 bits per heavy atom. The quantitative estimate of drug-likeness (QED) is 0.614. The Morgan fingerprint density at radius 3 is 2.70 bits per heavy atom. The molecule has 1 aromatic carbocycles. The largest absolute Gasteiger partial charge is 0.375 e. The number of amides is 2. The van der Waals surface area contributed by atoms with Crippen molar-refractivity contribution < 1.29 is 14.3 Å². The van der Waals surface area contributed by atoms with Crippen LogP contribution < -0.4 is 5.32 Å². The molecule has 0 radical (unpaired) electrons. The number of nitrogens with zero attached hydrogens (tertiary/aromatic N) is 5. The summed E-state index contributed by atoms with van der Waals surface area (Å²) in [7, 11) is 1.46. The van der Waals surface area contributed by atoms with E-state index in [1.54, 1.807) is 4.90 Å². The van der Waals surface area contributed by atoms with E-state index in [0.717, 1.165) is 5.56 Å². The number of H-pyrrole nitrogens is 1. The molecule has 2 atom stereocenters. The number of hydrogen-bond acceptors (Lipinski definition) is 7. The second-order valence-corrected chi connectivity index (χ2v) is 6.96. The highest BCUT2D eigenvalue weighted by atomic mass is 16.5. The van der Waals surface area contributed by atoms with Gasteiger partial charge in [0.25, 0.3) is 5.91 Å². The molecular weight excluding hydrogens is 386 g/mol. The van der Waals surface area contributed by atoms with Gasteiger partial charge in [0.05, 0.1) is 17.5 Å². The van der Waals surface area contributed by atoms with E-state index in [-0.39, 0.29) is 30.4 Å². The number of aromatic nitrogens is 5. The van der Waals surface area contributed by atoms with Crippen LogP contribution in [-0.2, 0) is 9.53 Å². The molecule has 0 aliphatic carbocycles. The normalized spacial score (nSPS) is 18.4. The van der Waals surface area contributed by atoms with Gasteiger partial charge in [-0.1, -0.05) is 30.3 Å². The Labute approximate surface area is 172 Å². The lowest BCUT2D eigenvalue weighted by molar-refractivity contribution is -0.125. The highest BCUT2D eigenvalue weighted by molar-refractivity contribution is 5.94. The Morgan fingerprint density at radius 1 is 1.20 bits per heavy atom. The van der Waals surface area contributed by atoms with E-state index in [4.69, 9.17) is 4.74 Å². The molecule has 2 amide bonds. The second-order valence-electron chi connectivity index (χ2n) is 6.96. The number of benzene rings is 1. The average molecular weight is 407 g/mol. The predicted octanol–water partition coefficient (Wildman–Crippen LogP) is 0.633. The highest BCUT2D eigenvalue weighted by Crippen LogP contribution is 2.28. The maximum Gasteiger partial charge on any atom is 0.257 e. The molecule has 154 valence electrons. The zero-order chi connectivity index (χ0) is 20.9. The summed E-state index contributed by atoms with van der Waals surface area (Å²) in [5, 5.41) is 10.2. The monoisotopic (exact) mass is 407 g/mol. The molecule has 10 heteroatoms. The minimum atomic E-state index is -0.335. The van der Waals surface area contributed by atoms with Crippen LogP contribution in [-0.4, -0.2) is 74.7 Å². The number of aromatic amines is 1. The molecule has 3 heterocycles. The maximum absolute atomic E-state index is 12.9. The average Bonchev–Trinajstić information content (AvgIpc) is 3.42. The van der Waals surface area contributed by atoms with Gasteiger partial charge in [0.1, 0.15) is 18.8 Å². The van der Waals surface area contributed by atoms with Crippen molar-refractivity contribution >= 4 is 11.8 Å². The van der Waals surface area contributed by atoms with E-state index in [1.165, 1.54) is 25.8 Å². The van der Waals surface area contributed by atoms with Crippen molar-refractivity contribution in [2.75, 3.05) is 26.8 Å². The molecule has 30 heavy (non-hydrogen) atoms. The van der Waals surface area contributed by atoms with E-state index in [2.05, 4.69) is 30.5 Å². The van der Waals surface area contributed by atoms with Crippen LogP contribution in [0.3, 0.4) is 0 Å². The fraction of sp³-hybridized carbons (Fsp3) is 0.300. The van der Waals surface area contributed by atoms with Crippen LogP contribution in [0.4, 0.5) is 0 Å². The van der Waals surface area contributed by atoms with E-state index >= 15 is 0 Å². The van der Waals surface area contributed by atoms with Crippen molar-refractivity contribution in [1.29, 1.82) is 0 Å². The summed E-state index contributed by atoms with van der Waals surface area (Å²) < 4.78 is 4.92. The second kappa shape index (κ2) is 8.78. The van der Waals surface area contributed by atoms with Crippen LogP contribution in [0.15, 0.2) is 49.1 Å². The van der Waals surface area contributed by atoms with Gasteiger partial charge >= 0.3 is 0 Å². The fourth-order valence-electron chi connectivity index (χ4n) is 3.52. The lowest BCUT2D eigenvalue weighted by Gasteiger charge is -2.17. The number of methoxy groups -OCH3 is 1. The number of rotatable bonds is 6. The lowest BCUT2D eigenvalue weighted by Crippen LogP contribution is -2.42. The molecule has 1 saturated heterocycles. The van der Waals surface area contributed by atoms with Crippen molar-refractivity contribution in [1.82, 2.24) is 35.4 Å². The smallest absolute Gasteiger partial charge is 0.257 e. The first-order valence-electron chi connectivity index (χ1n) is 9.46. The first-order valence-corrected chi connectivity index (χ1v) is 9.46. The summed E-state index contributed by atoms with van der Waals surface area (Å²) in [6, 6.07) is 9.26. The van der Waals surface area contributed by atoms with Gasteiger partial charge in [0, 0.05) is 38.2 Å². The summed E-state index contributed by atoms with van der Waals surface area (Å²) >= 11 is 0. The summed E-state index contributed by atoms with van der Waals surface area (Å²) in [6.45, 7) is 0.639. The van der Waals surface area contributed by atoms with Crippen molar-refractivity contribution in [3.8, 4) is 11.4 Å². The summed E-state index contributed by atoms with van der Waals surface area (Å²) in [6.07, 6.45) is 4.32. The topological polar surface area (TPSA) is 126 Å². The summed E-state index contributed by atoms with van der Waals surface area (Å²) in [4.78, 5) is 39.1. The third-order valence-corrected chi connectivity index (χ3v) is 4.92. The van der Waals surface area contributed by atoms with Crippen LogP contribution in [0.2, 0.25) is 0 Å². The molecule has 1 aliphatic rings. The van der Waals surface area contributed by atoms with Crippen LogP contribution in [0.25, 0.3) is 11.4 Å². The van der Waals surface area contributed by atoms with Gasteiger partial charge < -0.3 is 15.0 Å². The van der Waals surface area contributed by atoms with Crippen molar-refractivity contribution in [2.45, 2.75) is 12.0 Å². The molecule has 3 aromatic rings. The first kappa shape index (κ1) is 19.6. The molecule has 2 N–H and O–H groups in total. The number of carbonyl (C=O) groups excluding carboxylic acids is 2. The van der Waals surface area contributed by atoms with Crippen LogP contribution in [0.1, 0.15) is 22.1 Å². The Kier molecular flexibility index (Phi) is 5.75. The molecule has 10 nitrogen and oxygen atoms in total. The third kappa shape index (κ3) is 4.18. The number of likely N-dealkylation sites (tertiary alicyclic amines) is 1. The molecule has 1 aliphatic heterocycles. The summed E-state index contributed by atoms with van der Waals surface area (Å²) in [5.74, 6) is 0.467. The van der Waals surface area contributed by atoms with Gasteiger partial charge in [0.15, 0.2) is 5.82 Å². The zero-order valence-corrected chi connectivity index (χ0v) is 16.4. The van der Waals surface area contributed by atoms with Crippen LogP contribution in [0.5, 0.6) is 0 Å². The van der Waals surface area contributed by atoms with Gasteiger partial charge in [-0.25, -0.2) is 15.0 Å². The van der Waals surface area contributed by atoms with E-state index in [0.29, 0.717) is 30.3 Å². The zero-order valence-electron chi connectivity index (χ0n) is 16.4. The number of ether oxygens (including phenoxy) is 1. The standard InChI is InChI=1S/C20H21N7O3/c1-30-11-17(28)23-16-10-27(20(29)14-7-21-12-22-8-14)9-15(16)19-24-18(25-26-19)13-5-3-2-4-6-13/h2-8,12,15-16H,9-11H2,1H3,(H,23,28)(H,24,25,26)/t15-,16-/m1/s1. The molecule has 0 spiro atoms. The molecule has 1 fully saturated rings. The molecular formula is C20H21N7O3. The van der Waals surface area contributed by atoms with E-state index < -0.39 is 0 Å². The van der Waals surface area contributed by atoms with Crippen molar-refractivity contribution in [3.63, 3.8) is 0 Å². The number of nitrogens with one attached hydrogen (secondary N) is 2. The van der Waals surface area contributed by atoms with Crippen LogP contribution in [0, 0.1) is 0 Å². The third-order valence-electron chi connectivity index (χ3n) is 4.92. The molecule has 2 aromatic heterocycles. The van der Waals surface area contributed by atoms with Crippen molar-refractivity contribution in [2.24, 2.45) is 0 Å². The minimum absolute atomic E-state index is 0.0602. The van der Waals surface area contributed by atoms with Gasteiger partial charge in [-0.05, 0) is 0 Å². The first-order chi connectivity index (χ1) is 14.7. The Balaban J connectivity index is 1.58. The van der Waals surface area contributed by atoms with Crippen molar-refractivity contribution in [3.05, 3.63) is 60.4 Å².